The van der Waals surface area contributed by atoms with Crippen LogP contribution in [0.4, 0.5) is 0 Å². The Balaban J connectivity index is 1.97. The molecule has 2 fully saturated rings. The summed E-state index contributed by atoms with van der Waals surface area (Å²) in [7, 11) is 1.66. The predicted molar refractivity (Wildman–Crippen MR) is 64.5 cm³/mol. The third-order valence-corrected chi connectivity index (χ3v) is 3.71. The Bertz CT molecular complexity index is 364. The zero-order chi connectivity index (χ0) is 13.1. The van der Waals surface area contributed by atoms with Gasteiger partial charge in [-0.2, -0.15) is 0 Å². The fourth-order valence-electron chi connectivity index (χ4n) is 2.56. The summed E-state index contributed by atoms with van der Waals surface area (Å²) in [5.74, 6) is -0.581. The standard InChI is InChI=1S/C12H19N3O3/c1-15(9-2-3-10(16)14-11(9)17)12(18)8-4-6-13-7-5-8/h8-9,13H,2-7H2,1H3,(H,14,16,17). The van der Waals surface area contributed by atoms with Gasteiger partial charge in [-0.05, 0) is 32.4 Å². The van der Waals surface area contributed by atoms with Gasteiger partial charge in [0.1, 0.15) is 6.04 Å². The first-order valence-electron chi connectivity index (χ1n) is 6.40. The van der Waals surface area contributed by atoms with Gasteiger partial charge in [0.15, 0.2) is 0 Å². The summed E-state index contributed by atoms with van der Waals surface area (Å²) in [5, 5.41) is 5.49. The van der Waals surface area contributed by atoms with E-state index in [2.05, 4.69) is 10.6 Å². The molecule has 18 heavy (non-hydrogen) atoms. The molecule has 100 valence electrons. The molecule has 2 aliphatic rings. The molecule has 2 heterocycles. The van der Waals surface area contributed by atoms with E-state index in [9.17, 15) is 14.4 Å². The largest absolute Gasteiger partial charge is 0.333 e. The molecule has 1 unspecified atom stereocenters. The van der Waals surface area contributed by atoms with Crippen molar-refractivity contribution >= 4 is 17.7 Å². The predicted octanol–water partition coefficient (Wildman–Crippen LogP) is -0.750. The van der Waals surface area contributed by atoms with Crippen LogP contribution in [0.5, 0.6) is 0 Å². The van der Waals surface area contributed by atoms with Crippen LogP contribution in [0, 0.1) is 5.92 Å². The molecule has 2 rings (SSSR count). The Kier molecular flexibility index (Phi) is 3.96. The van der Waals surface area contributed by atoms with Crippen LogP contribution in [-0.2, 0) is 14.4 Å². The van der Waals surface area contributed by atoms with E-state index in [-0.39, 0.29) is 23.6 Å². The molecule has 0 bridgehead atoms. The maximum absolute atomic E-state index is 12.3. The first kappa shape index (κ1) is 13.0. The summed E-state index contributed by atoms with van der Waals surface area (Å²) in [5.41, 5.74) is 0. The fraction of sp³-hybridized carbons (Fsp3) is 0.750. The minimum atomic E-state index is -0.495. The van der Waals surface area contributed by atoms with E-state index in [4.69, 9.17) is 0 Å². The highest BCUT2D eigenvalue weighted by Gasteiger charge is 2.34. The van der Waals surface area contributed by atoms with Crippen LogP contribution in [0.15, 0.2) is 0 Å². The second kappa shape index (κ2) is 5.48. The SMILES string of the molecule is CN(C(=O)C1CCNCC1)C1CCC(=O)NC1=O. The van der Waals surface area contributed by atoms with Gasteiger partial charge in [0.05, 0.1) is 0 Å². The molecular weight excluding hydrogens is 234 g/mol. The van der Waals surface area contributed by atoms with Gasteiger partial charge in [0, 0.05) is 19.4 Å². The van der Waals surface area contributed by atoms with Crippen molar-refractivity contribution in [1.82, 2.24) is 15.5 Å². The molecule has 1 atom stereocenters. The third kappa shape index (κ3) is 2.69. The first-order valence-corrected chi connectivity index (χ1v) is 6.40. The molecule has 6 nitrogen and oxygen atoms in total. The lowest BCUT2D eigenvalue weighted by molar-refractivity contribution is -0.147. The van der Waals surface area contributed by atoms with E-state index < -0.39 is 6.04 Å². The van der Waals surface area contributed by atoms with Crippen LogP contribution >= 0.6 is 0 Å². The number of rotatable bonds is 2. The van der Waals surface area contributed by atoms with Gasteiger partial charge in [-0.1, -0.05) is 0 Å². The van der Waals surface area contributed by atoms with E-state index in [1.165, 1.54) is 4.90 Å². The summed E-state index contributed by atoms with van der Waals surface area (Å²) in [6.45, 7) is 1.69. The Morgan fingerprint density at radius 2 is 1.89 bits per heavy atom. The monoisotopic (exact) mass is 253 g/mol. The number of imide groups is 1. The molecule has 0 radical (unpaired) electrons. The number of hydrogen-bond donors (Lipinski definition) is 2. The molecule has 6 heteroatoms. The smallest absolute Gasteiger partial charge is 0.249 e. The lowest BCUT2D eigenvalue weighted by Gasteiger charge is -2.33. The Hall–Kier alpha value is -1.43. The van der Waals surface area contributed by atoms with Crippen molar-refractivity contribution in [2.45, 2.75) is 31.7 Å². The van der Waals surface area contributed by atoms with Crippen molar-refractivity contribution in [2.24, 2.45) is 5.92 Å². The zero-order valence-electron chi connectivity index (χ0n) is 10.6. The highest BCUT2D eigenvalue weighted by atomic mass is 16.2. The average molecular weight is 253 g/mol. The number of nitrogens with one attached hydrogen (secondary N) is 2. The normalized spacial score (nSPS) is 25.7. The summed E-state index contributed by atoms with van der Waals surface area (Å²) >= 11 is 0. The molecule has 3 amide bonds. The Morgan fingerprint density at radius 1 is 1.22 bits per heavy atom. The van der Waals surface area contributed by atoms with Gasteiger partial charge < -0.3 is 10.2 Å². The van der Waals surface area contributed by atoms with Gasteiger partial charge >= 0.3 is 0 Å². The van der Waals surface area contributed by atoms with Crippen molar-refractivity contribution in [2.75, 3.05) is 20.1 Å². The van der Waals surface area contributed by atoms with Gasteiger partial charge in [0.2, 0.25) is 17.7 Å². The second-order valence-electron chi connectivity index (χ2n) is 4.94. The van der Waals surface area contributed by atoms with Crippen LogP contribution in [0.25, 0.3) is 0 Å². The van der Waals surface area contributed by atoms with Gasteiger partial charge in [0.25, 0.3) is 0 Å². The number of carbonyl (C=O) groups is 3. The van der Waals surface area contributed by atoms with Crippen molar-refractivity contribution in [3.63, 3.8) is 0 Å². The lowest BCUT2D eigenvalue weighted by Crippen LogP contribution is -2.54. The van der Waals surface area contributed by atoms with Crippen molar-refractivity contribution < 1.29 is 14.4 Å². The average Bonchev–Trinajstić information content (AvgIpc) is 2.38. The minimum absolute atomic E-state index is 0.00155. The van der Waals surface area contributed by atoms with E-state index in [1.54, 1.807) is 7.05 Å². The van der Waals surface area contributed by atoms with Gasteiger partial charge in [-0.25, -0.2) is 0 Å². The molecule has 0 aromatic carbocycles. The van der Waals surface area contributed by atoms with E-state index in [0.717, 1.165) is 25.9 Å². The molecule has 2 aliphatic heterocycles. The van der Waals surface area contributed by atoms with E-state index >= 15 is 0 Å². The van der Waals surface area contributed by atoms with Crippen LogP contribution in [0.2, 0.25) is 0 Å². The third-order valence-electron chi connectivity index (χ3n) is 3.71. The molecule has 0 spiro atoms. The number of likely N-dealkylation sites (N-methyl/N-ethyl adjacent to an activating group) is 1. The maximum Gasteiger partial charge on any atom is 0.249 e. The van der Waals surface area contributed by atoms with Crippen molar-refractivity contribution in [1.29, 1.82) is 0 Å². The zero-order valence-corrected chi connectivity index (χ0v) is 10.6. The maximum atomic E-state index is 12.3. The first-order chi connectivity index (χ1) is 8.59. The van der Waals surface area contributed by atoms with Crippen LogP contribution in [0.1, 0.15) is 25.7 Å². The van der Waals surface area contributed by atoms with E-state index in [0.29, 0.717) is 12.8 Å². The summed E-state index contributed by atoms with van der Waals surface area (Å²) in [6, 6.07) is -0.495. The fourth-order valence-corrected chi connectivity index (χ4v) is 2.56. The van der Waals surface area contributed by atoms with Crippen LogP contribution in [-0.4, -0.2) is 48.8 Å². The number of piperidine rings is 2. The van der Waals surface area contributed by atoms with Gasteiger partial charge in [-0.3, -0.25) is 19.7 Å². The topological polar surface area (TPSA) is 78.5 Å². The summed E-state index contributed by atoms with van der Waals surface area (Å²) in [6.07, 6.45) is 2.37. The number of carbonyl (C=O) groups excluding carboxylic acids is 3. The molecule has 0 aromatic rings. The molecular formula is C12H19N3O3. The van der Waals surface area contributed by atoms with Crippen LogP contribution in [0.3, 0.4) is 0 Å². The molecule has 0 aliphatic carbocycles. The molecule has 0 saturated carbocycles. The summed E-state index contributed by atoms with van der Waals surface area (Å²) < 4.78 is 0. The number of hydrogen-bond acceptors (Lipinski definition) is 4. The number of nitrogens with zero attached hydrogens (tertiary/aromatic N) is 1. The highest BCUT2D eigenvalue weighted by Crippen LogP contribution is 2.18. The van der Waals surface area contributed by atoms with Crippen LogP contribution < -0.4 is 10.6 Å². The lowest BCUT2D eigenvalue weighted by atomic mass is 9.95. The van der Waals surface area contributed by atoms with Crippen molar-refractivity contribution in [3.05, 3.63) is 0 Å². The minimum Gasteiger partial charge on any atom is -0.333 e. The highest BCUT2D eigenvalue weighted by molar-refractivity contribution is 6.01. The Morgan fingerprint density at radius 3 is 2.50 bits per heavy atom. The Labute approximate surface area is 106 Å². The molecule has 2 N–H and O–H groups in total. The molecule has 0 aromatic heterocycles. The second-order valence-corrected chi connectivity index (χ2v) is 4.94. The van der Waals surface area contributed by atoms with Crippen molar-refractivity contribution in [3.8, 4) is 0 Å². The van der Waals surface area contributed by atoms with Gasteiger partial charge in [-0.15, -0.1) is 0 Å². The van der Waals surface area contributed by atoms with E-state index in [1.807, 2.05) is 0 Å². The summed E-state index contributed by atoms with van der Waals surface area (Å²) in [4.78, 5) is 36.5. The number of amides is 3. The quantitative estimate of drug-likeness (QED) is 0.635. The molecule has 2 saturated heterocycles.